The highest BCUT2D eigenvalue weighted by Gasteiger charge is 2.25. The molecular weight excluding hydrogens is 372 g/mol. The number of nitrogens with one attached hydrogen (secondary N) is 1. The number of nitrogens with zero attached hydrogens (tertiary/aromatic N) is 1. The van der Waals surface area contributed by atoms with Crippen LogP contribution < -0.4 is 9.47 Å². The smallest absolute Gasteiger partial charge is 0.172 e. The standard InChI is InChI=1S/C23H23ClN2O2/c24-18-4-5-19-17(15-25-21(19)14-18)8-11-26-9-6-16(7-10-26)20-2-1-3-22-23(20)28-13-12-27-22/h1-5,12-16,25H,6-11H2. The summed E-state index contributed by atoms with van der Waals surface area (Å²) in [5, 5.41) is 2.05. The number of rotatable bonds is 4. The van der Waals surface area contributed by atoms with Crippen molar-refractivity contribution in [2.24, 2.45) is 0 Å². The lowest BCUT2D eigenvalue weighted by Gasteiger charge is -2.33. The van der Waals surface area contributed by atoms with E-state index in [1.807, 2.05) is 18.2 Å². The van der Waals surface area contributed by atoms with Crippen LogP contribution in [0.15, 0.2) is 55.1 Å². The first-order chi connectivity index (χ1) is 13.8. The minimum absolute atomic E-state index is 0.525. The average Bonchev–Trinajstić information content (AvgIpc) is 3.14. The molecule has 0 aliphatic carbocycles. The van der Waals surface area contributed by atoms with E-state index in [9.17, 15) is 0 Å². The van der Waals surface area contributed by atoms with Gasteiger partial charge in [0.1, 0.15) is 12.5 Å². The predicted octanol–water partition coefficient (Wildman–Crippen LogP) is 5.49. The van der Waals surface area contributed by atoms with Gasteiger partial charge < -0.3 is 19.4 Å². The third-order valence-electron chi connectivity index (χ3n) is 5.90. The molecule has 2 aliphatic rings. The van der Waals surface area contributed by atoms with Gasteiger partial charge in [0.25, 0.3) is 0 Å². The van der Waals surface area contributed by atoms with E-state index in [2.05, 4.69) is 34.3 Å². The van der Waals surface area contributed by atoms with Crippen LogP contribution in [-0.4, -0.2) is 29.5 Å². The van der Waals surface area contributed by atoms with Crippen LogP contribution in [0.25, 0.3) is 10.9 Å². The van der Waals surface area contributed by atoms with Gasteiger partial charge in [-0.2, -0.15) is 0 Å². The Hall–Kier alpha value is -2.43. The minimum atomic E-state index is 0.525. The van der Waals surface area contributed by atoms with Crippen molar-refractivity contribution in [3.63, 3.8) is 0 Å². The molecule has 4 nitrogen and oxygen atoms in total. The molecule has 0 saturated carbocycles. The molecule has 2 aliphatic heterocycles. The van der Waals surface area contributed by atoms with E-state index < -0.39 is 0 Å². The third kappa shape index (κ3) is 3.38. The van der Waals surface area contributed by atoms with Gasteiger partial charge in [0, 0.05) is 34.2 Å². The molecule has 5 heteroatoms. The molecule has 1 N–H and O–H groups in total. The fourth-order valence-electron chi connectivity index (χ4n) is 4.38. The van der Waals surface area contributed by atoms with Crippen LogP contribution in [0.4, 0.5) is 0 Å². The van der Waals surface area contributed by atoms with Crippen molar-refractivity contribution >= 4 is 22.5 Å². The van der Waals surface area contributed by atoms with E-state index in [-0.39, 0.29) is 0 Å². The fraction of sp³-hybridized carbons (Fsp3) is 0.304. The first-order valence-electron chi connectivity index (χ1n) is 9.87. The number of benzene rings is 2. The van der Waals surface area contributed by atoms with Gasteiger partial charge in [-0.05, 0) is 62.0 Å². The number of halogens is 1. The van der Waals surface area contributed by atoms with E-state index in [0.29, 0.717) is 5.92 Å². The molecule has 3 heterocycles. The van der Waals surface area contributed by atoms with Gasteiger partial charge in [0.2, 0.25) is 0 Å². The number of para-hydroxylation sites is 1. The van der Waals surface area contributed by atoms with Gasteiger partial charge in [-0.1, -0.05) is 29.8 Å². The summed E-state index contributed by atoms with van der Waals surface area (Å²) in [5.74, 6) is 2.24. The van der Waals surface area contributed by atoms with Crippen molar-refractivity contribution in [2.45, 2.75) is 25.2 Å². The molecule has 3 aromatic rings. The summed E-state index contributed by atoms with van der Waals surface area (Å²) in [7, 11) is 0. The van der Waals surface area contributed by atoms with Gasteiger partial charge in [-0.15, -0.1) is 0 Å². The molecule has 1 saturated heterocycles. The highest BCUT2D eigenvalue weighted by Crippen LogP contribution is 2.41. The van der Waals surface area contributed by atoms with Crippen LogP contribution in [-0.2, 0) is 6.42 Å². The Labute approximate surface area is 169 Å². The maximum absolute atomic E-state index is 6.09. The third-order valence-corrected chi connectivity index (χ3v) is 6.14. The average molecular weight is 395 g/mol. The lowest BCUT2D eigenvalue weighted by molar-refractivity contribution is 0.213. The molecule has 5 rings (SSSR count). The Bertz CT molecular complexity index is 1020. The normalized spacial score (nSPS) is 17.3. The largest absolute Gasteiger partial charge is 0.458 e. The number of fused-ring (bicyclic) bond motifs is 2. The first kappa shape index (κ1) is 17.7. The molecule has 0 radical (unpaired) electrons. The highest BCUT2D eigenvalue weighted by atomic mass is 35.5. The van der Waals surface area contributed by atoms with Crippen LogP contribution in [0, 0.1) is 0 Å². The van der Waals surface area contributed by atoms with Crippen molar-refractivity contribution in [3.05, 3.63) is 71.3 Å². The second-order valence-corrected chi connectivity index (χ2v) is 7.99. The highest BCUT2D eigenvalue weighted by molar-refractivity contribution is 6.31. The van der Waals surface area contributed by atoms with Gasteiger partial charge in [-0.25, -0.2) is 0 Å². The second kappa shape index (κ2) is 7.53. The Kier molecular flexibility index (Phi) is 4.75. The van der Waals surface area contributed by atoms with Crippen LogP contribution in [0.2, 0.25) is 5.02 Å². The van der Waals surface area contributed by atoms with E-state index in [1.165, 1.54) is 16.5 Å². The number of likely N-dealkylation sites (tertiary alicyclic amines) is 1. The number of aromatic nitrogens is 1. The quantitative estimate of drug-likeness (QED) is 0.636. The van der Waals surface area contributed by atoms with Crippen LogP contribution >= 0.6 is 11.6 Å². The molecule has 144 valence electrons. The number of aromatic amines is 1. The van der Waals surface area contributed by atoms with Crippen LogP contribution in [0.5, 0.6) is 11.5 Å². The maximum atomic E-state index is 6.09. The van der Waals surface area contributed by atoms with Crippen LogP contribution in [0.3, 0.4) is 0 Å². The molecule has 0 unspecified atom stereocenters. The van der Waals surface area contributed by atoms with E-state index in [0.717, 1.165) is 60.9 Å². The molecule has 0 amide bonds. The second-order valence-electron chi connectivity index (χ2n) is 7.55. The summed E-state index contributed by atoms with van der Waals surface area (Å²) < 4.78 is 11.3. The Morgan fingerprint density at radius 1 is 1.07 bits per heavy atom. The zero-order chi connectivity index (χ0) is 18.9. The van der Waals surface area contributed by atoms with Gasteiger partial charge in [0.05, 0.1) is 0 Å². The molecular formula is C23H23ClN2O2. The molecule has 0 spiro atoms. The monoisotopic (exact) mass is 394 g/mol. The predicted molar refractivity (Wildman–Crippen MR) is 112 cm³/mol. The molecule has 28 heavy (non-hydrogen) atoms. The van der Waals surface area contributed by atoms with Gasteiger partial charge in [-0.3, -0.25) is 0 Å². The molecule has 0 bridgehead atoms. The summed E-state index contributed by atoms with van der Waals surface area (Å²) in [6.45, 7) is 3.30. The summed E-state index contributed by atoms with van der Waals surface area (Å²) >= 11 is 6.09. The zero-order valence-electron chi connectivity index (χ0n) is 15.7. The van der Waals surface area contributed by atoms with Crippen LogP contribution in [0.1, 0.15) is 29.9 Å². The molecule has 1 aromatic heterocycles. The van der Waals surface area contributed by atoms with E-state index in [1.54, 1.807) is 12.5 Å². The Morgan fingerprint density at radius 2 is 1.93 bits per heavy atom. The van der Waals surface area contributed by atoms with Crippen molar-refractivity contribution < 1.29 is 9.47 Å². The van der Waals surface area contributed by atoms with Crippen molar-refractivity contribution in [3.8, 4) is 11.5 Å². The molecule has 1 fully saturated rings. The van der Waals surface area contributed by atoms with E-state index in [4.69, 9.17) is 21.1 Å². The Morgan fingerprint density at radius 3 is 2.82 bits per heavy atom. The lowest BCUT2D eigenvalue weighted by atomic mass is 9.88. The molecule has 2 aromatic carbocycles. The number of H-pyrrole nitrogens is 1. The number of piperidine rings is 1. The fourth-order valence-corrected chi connectivity index (χ4v) is 4.55. The molecule has 0 atom stereocenters. The summed E-state index contributed by atoms with van der Waals surface area (Å²) in [5.41, 5.74) is 3.75. The maximum Gasteiger partial charge on any atom is 0.172 e. The summed E-state index contributed by atoms with van der Waals surface area (Å²) in [4.78, 5) is 5.91. The van der Waals surface area contributed by atoms with Gasteiger partial charge >= 0.3 is 0 Å². The van der Waals surface area contributed by atoms with Crippen molar-refractivity contribution in [2.75, 3.05) is 19.6 Å². The summed E-state index contributed by atoms with van der Waals surface area (Å²) in [6, 6.07) is 12.3. The number of hydrogen-bond donors (Lipinski definition) is 1. The SMILES string of the molecule is Clc1ccc2c(CCN3CCC(c4cccc5c4OC=CO5)CC3)c[nH]c2c1. The summed E-state index contributed by atoms with van der Waals surface area (Å²) in [6.07, 6.45) is 8.67. The lowest BCUT2D eigenvalue weighted by Crippen LogP contribution is -2.34. The number of hydrogen-bond acceptors (Lipinski definition) is 3. The van der Waals surface area contributed by atoms with Crippen molar-refractivity contribution in [1.82, 2.24) is 9.88 Å². The Balaban J connectivity index is 1.21. The topological polar surface area (TPSA) is 37.5 Å². The zero-order valence-corrected chi connectivity index (χ0v) is 16.4. The number of ether oxygens (including phenoxy) is 2. The van der Waals surface area contributed by atoms with Crippen molar-refractivity contribution in [1.29, 1.82) is 0 Å². The van der Waals surface area contributed by atoms with Gasteiger partial charge in [0.15, 0.2) is 11.5 Å². The minimum Gasteiger partial charge on any atom is -0.458 e. The van der Waals surface area contributed by atoms with E-state index >= 15 is 0 Å². The first-order valence-corrected chi connectivity index (χ1v) is 10.2.